The Labute approximate surface area is 188 Å². The third-order valence-electron chi connectivity index (χ3n) is 5.47. The van der Waals surface area contributed by atoms with Gasteiger partial charge in [0.15, 0.2) is 11.4 Å². The zero-order valence-corrected chi connectivity index (χ0v) is 18.2. The average molecular weight is 426 g/mol. The van der Waals surface area contributed by atoms with Gasteiger partial charge in [-0.25, -0.2) is 9.97 Å². The van der Waals surface area contributed by atoms with Crippen LogP contribution in [0.2, 0.25) is 0 Å². The van der Waals surface area contributed by atoms with Crippen LogP contribution < -0.4 is 0 Å². The second-order valence-electron chi connectivity index (χ2n) is 7.78. The number of Topliss-reactive ketones (excluding diaryl/α,β-unsaturated/α-hetero) is 1. The number of carbonyl (C=O) groups is 1. The number of imidazole rings is 1. The number of aryl methyl sites for hydroxylation is 1. The van der Waals surface area contributed by atoms with Crippen LogP contribution in [0.5, 0.6) is 0 Å². The van der Waals surface area contributed by atoms with Gasteiger partial charge in [-0.3, -0.25) is 4.79 Å². The Kier molecular flexibility index (Phi) is 6.87. The summed E-state index contributed by atoms with van der Waals surface area (Å²) in [6.07, 6.45) is 6.74. The summed E-state index contributed by atoms with van der Waals surface area (Å²) >= 11 is 0. The molecule has 0 amide bonds. The van der Waals surface area contributed by atoms with Crippen molar-refractivity contribution in [1.82, 2.24) is 14.5 Å². The smallest absolute Gasteiger partial charge is 0.182 e. The third kappa shape index (κ3) is 4.84. The Hall–Kier alpha value is -3.57. The molecule has 2 heterocycles. The number of fused-ring (bicyclic) bond motifs is 1. The molecular weight excluding hydrogens is 398 g/mol. The van der Waals surface area contributed by atoms with Crippen molar-refractivity contribution in [3.63, 3.8) is 0 Å². The van der Waals surface area contributed by atoms with Gasteiger partial charge in [-0.15, -0.1) is 0 Å². The summed E-state index contributed by atoms with van der Waals surface area (Å²) in [6, 6.07) is 21.2. The van der Waals surface area contributed by atoms with Crippen molar-refractivity contribution in [2.75, 3.05) is 0 Å². The Bertz CT molecular complexity index is 1230. The van der Waals surface area contributed by atoms with E-state index in [1.54, 1.807) is 0 Å². The molecule has 0 aliphatic heterocycles. The number of benzene rings is 2. The maximum atomic E-state index is 12.9. The van der Waals surface area contributed by atoms with Gasteiger partial charge >= 0.3 is 0 Å². The first-order chi connectivity index (χ1) is 15.7. The van der Waals surface area contributed by atoms with Crippen LogP contribution in [0, 0.1) is 0 Å². The van der Waals surface area contributed by atoms with Crippen molar-refractivity contribution in [1.29, 1.82) is 0 Å². The fourth-order valence-corrected chi connectivity index (χ4v) is 3.72. The van der Waals surface area contributed by atoms with Crippen LogP contribution in [0.25, 0.3) is 23.3 Å². The minimum Gasteiger partial charge on any atom is -0.390 e. The molecule has 4 rings (SSSR count). The summed E-state index contributed by atoms with van der Waals surface area (Å²) in [6.45, 7) is 2.12. The highest BCUT2D eigenvalue weighted by Crippen LogP contribution is 2.22. The van der Waals surface area contributed by atoms with Gasteiger partial charge in [0.1, 0.15) is 11.3 Å². The lowest BCUT2D eigenvalue weighted by Gasteiger charge is -2.09. The van der Waals surface area contributed by atoms with Crippen molar-refractivity contribution < 1.29 is 9.90 Å². The molecule has 2 aromatic heterocycles. The van der Waals surface area contributed by atoms with Crippen LogP contribution in [0.1, 0.15) is 52.8 Å². The first-order valence-corrected chi connectivity index (χ1v) is 11.0. The molecule has 0 aliphatic rings. The highest BCUT2D eigenvalue weighted by atomic mass is 16.3. The van der Waals surface area contributed by atoms with E-state index in [1.807, 2.05) is 83.4 Å². The maximum Gasteiger partial charge on any atom is 0.182 e. The molecule has 0 aliphatic carbocycles. The molecule has 5 nitrogen and oxygen atoms in total. The fourth-order valence-electron chi connectivity index (χ4n) is 3.72. The SMILES string of the molecule is CCCCc1nc2cc(C=Cc3ccccc3)c(CO)nc2n1CC(=O)c1ccccc1. The Morgan fingerprint density at radius 3 is 2.41 bits per heavy atom. The molecule has 0 atom stereocenters. The van der Waals surface area contributed by atoms with E-state index >= 15 is 0 Å². The summed E-state index contributed by atoms with van der Waals surface area (Å²) in [7, 11) is 0. The third-order valence-corrected chi connectivity index (χ3v) is 5.47. The number of aliphatic hydroxyl groups is 1. The largest absolute Gasteiger partial charge is 0.390 e. The average Bonchev–Trinajstić information content (AvgIpc) is 3.17. The first kappa shape index (κ1) is 21.7. The van der Waals surface area contributed by atoms with Crippen LogP contribution in [0.15, 0.2) is 66.7 Å². The Morgan fingerprint density at radius 2 is 1.72 bits per heavy atom. The number of pyridine rings is 1. The maximum absolute atomic E-state index is 12.9. The molecule has 0 radical (unpaired) electrons. The van der Waals surface area contributed by atoms with Gasteiger partial charge in [0, 0.05) is 17.5 Å². The zero-order valence-electron chi connectivity index (χ0n) is 18.2. The van der Waals surface area contributed by atoms with E-state index in [-0.39, 0.29) is 18.9 Å². The Balaban J connectivity index is 1.74. The van der Waals surface area contributed by atoms with Crippen molar-refractivity contribution >= 4 is 29.1 Å². The second kappa shape index (κ2) is 10.2. The molecule has 0 saturated carbocycles. The number of hydrogen-bond donors (Lipinski definition) is 1. The number of carbonyl (C=O) groups excluding carboxylic acids is 1. The predicted octanol–water partition coefficient (Wildman–Crippen LogP) is 5.32. The van der Waals surface area contributed by atoms with E-state index < -0.39 is 0 Å². The standard InChI is InChI=1S/C27H27N3O2/c1-2-3-14-26-28-23-17-22(16-15-20-10-6-4-7-11-20)24(19-31)29-27(23)30(26)18-25(32)21-12-8-5-9-13-21/h4-13,15-17,31H,2-3,14,18-19H2,1H3. The molecule has 0 fully saturated rings. The van der Waals surface area contributed by atoms with Crippen LogP contribution >= 0.6 is 0 Å². The molecule has 5 heteroatoms. The van der Waals surface area contributed by atoms with E-state index in [0.717, 1.165) is 41.7 Å². The summed E-state index contributed by atoms with van der Waals surface area (Å²) < 4.78 is 1.91. The van der Waals surface area contributed by atoms with E-state index in [9.17, 15) is 9.90 Å². The normalized spacial score (nSPS) is 11.4. The number of aliphatic hydroxyl groups excluding tert-OH is 1. The number of nitrogens with zero attached hydrogens (tertiary/aromatic N) is 3. The molecule has 1 N–H and O–H groups in total. The number of rotatable bonds is 9. The molecule has 32 heavy (non-hydrogen) atoms. The molecule has 0 spiro atoms. The van der Waals surface area contributed by atoms with Gasteiger partial charge in [-0.05, 0) is 18.1 Å². The molecule has 2 aromatic carbocycles. The summed E-state index contributed by atoms with van der Waals surface area (Å²) in [5.41, 5.74) is 4.51. The van der Waals surface area contributed by atoms with E-state index in [2.05, 4.69) is 6.92 Å². The van der Waals surface area contributed by atoms with Gasteiger partial charge in [0.2, 0.25) is 0 Å². The van der Waals surface area contributed by atoms with Gasteiger partial charge in [-0.2, -0.15) is 0 Å². The number of unbranched alkanes of at least 4 members (excludes halogenated alkanes) is 1. The van der Waals surface area contributed by atoms with Gasteiger partial charge in [0.25, 0.3) is 0 Å². The van der Waals surface area contributed by atoms with Crippen molar-refractivity contribution in [3.8, 4) is 0 Å². The highest BCUT2D eigenvalue weighted by Gasteiger charge is 2.17. The first-order valence-electron chi connectivity index (χ1n) is 11.0. The molecule has 4 aromatic rings. The summed E-state index contributed by atoms with van der Waals surface area (Å²) in [5, 5.41) is 9.98. The van der Waals surface area contributed by atoms with Gasteiger partial charge < -0.3 is 9.67 Å². The van der Waals surface area contributed by atoms with E-state index in [0.29, 0.717) is 16.9 Å². The predicted molar refractivity (Wildman–Crippen MR) is 128 cm³/mol. The lowest BCUT2D eigenvalue weighted by molar-refractivity contribution is 0.0972. The fraction of sp³-hybridized carbons (Fsp3) is 0.222. The van der Waals surface area contributed by atoms with Crippen LogP contribution in [-0.4, -0.2) is 25.4 Å². The lowest BCUT2D eigenvalue weighted by atomic mass is 10.1. The zero-order chi connectivity index (χ0) is 22.3. The van der Waals surface area contributed by atoms with Gasteiger partial charge in [0.05, 0.1) is 18.8 Å². The molecule has 0 unspecified atom stereocenters. The quantitative estimate of drug-likeness (QED) is 0.369. The minimum atomic E-state index is -0.188. The van der Waals surface area contributed by atoms with Gasteiger partial charge in [-0.1, -0.05) is 86.2 Å². The van der Waals surface area contributed by atoms with E-state index in [4.69, 9.17) is 9.97 Å². The lowest BCUT2D eigenvalue weighted by Crippen LogP contribution is -2.14. The molecular formula is C27H27N3O2. The van der Waals surface area contributed by atoms with Crippen LogP contribution in [0.4, 0.5) is 0 Å². The number of hydrogen-bond acceptors (Lipinski definition) is 4. The molecule has 0 saturated heterocycles. The van der Waals surface area contributed by atoms with Crippen molar-refractivity contribution in [2.24, 2.45) is 0 Å². The Morgan fingerprint density at radius 1 is 1.00 bits per heavy atom. The number of aromatic nitrogens is 3. The number of ketones is 1. The molecule has 162 valence electrons. The van der Waals surface area contributed by atoms with Crippen molar-refractivity contribution in [2.45, 2.75) is 39.3 Å². The molecule has 0 bridgehead atoms. The highest BCUT2D eigenvalue weighted by molar-refractivity contribution is 5.96. The van der Waals surface area contributed by atoms with Crippen molar-refractivity contribution in [3.05, 3.63) is 94.9 Å². The topological polar surface area (TPSA) is 68.0 Å². The monoisotopic (exact) mass is 425 g/mol. The van der Waals surface area contributed by atoms with E-state index in [1.165, 1.54) is 0 Å². The summed E-state index contributed by atoms with van der Waals surface area (Å²) in [4.78, 5) is 22.5. The van der Waals surface area contributed by atoms with Crippen LogP contribution in [0.3, 0.4) is 0 Å². The summed E-state index contributed by atoms with van der Waals surface area (Å²) in [5.74, 6) is 0.870. The minimum absolute atomic E-state index is 0.0167. The second-order valence-corrected chi connectivity index (χ2v) is 7.78. The van der Waals surface area contributed by atoms with Crippen LogP contribution in [-0.2, 0) is 19.6 Å².